The van der Waals surface area contributed by atoms with Gasteiger partial charge < -0.3 is 14.2 Å². The predicted octanol–water partition coefficient (Wildman–Crippen LogP) is 2.50. The van der Waals surface area contributed by atoms with E-state index in [1.54, 1.807) is 0 Å². The Labute approximate surface area is 130 Å². The van der Waals surface area contributed by atoms with Crippen molar-refractivity contribution in [3.05, 3.63) is 48.0 Å². The Balaban J connectivity index is 1.95. The van der Waals surface area contributed by atoms with Gasteiger partial charge in [0, 0.05) is 14.2 Å². The number of rotatable bonds is 5. The first-order chi connectivity index (χ1) is 10.7. The van der Waals surface area contributed by atoms with E-state index in [0.29, 0.717) is 0 Å². The molecule has 6 heteroatoms. The molecule has 1 aromatic rings. The largest absolute Gasteiger partial charge is 0.443 e. The summed E-state index contributed by atoms with van der Waals surface area (Å²) in [6, 6.07) is 9.25. The van der Waals surface area contributed by atoms with Crippen LogP contribution in [-0.2, 0) is 25.7 Å². The molecule has 0 N–H and O–H groups in total. The number of benzene rings is 1. The highest BCUT2D eigenvalue weighted by Gasteiger charge is 2.32. The van der Waals surface area contributed by atoms with Gasteiger partial charge in [0.2, 0.25) is 0 Å². The Morgan fingerprint density at radius 3 is 2.55 bits per heavy atom. The molecule has 0 aliphatic carbocycles. The van der Waals surface area contributed by atoms with Crippen LogP contribution in [0, 0.1) is 0 Å². The number of methoxy groups -OCH3 is 2. The van der Waals surface area contributed by atoms with Crippen molar-refractivity contribution in [3.63, 3.8) is 0 Å². The van der Waals surface area contributed by atoms with Gasteiger partial charge in [-0.15, -0.1) is 0 Å². The summed E-state index contributed by atoms with van der Waals surface area (Å²) in [4.78, 5) is 17.8. The zero-order valence-corrected chi connectivity index (χ0v) is 13.0. The van der Waals surface area contributed by atoms with Gasteiger partial charge in [0.05, 0.1) is 6.04 Å². The molecule has 1 aliphatic heterocycles. The average molecular weight is 307 g/mol. The fourth-order valence-electron chi connectivity index (χ4n) is 2.11. The van der Waals surface area contributed by atoms with E-state index in [-0.39, 0.29) is 12.6 Å². The van der Waals surface area contributed by atoms with Crippen LogP contribution in [-0.4, -0.2) is 43.8 Å². The maximum atomic E-state index is 12.2. The third kappa shape index (κ3) is 4.07. The quantitative estimate of drug-likeness (QED) is 0.618. The van der Waals surface area contributed by atoms with Crippen molar-refractivity contribution in [2.24, 2.45) is 0 Å². The second-order valence-electron chi connectivity index (χ2n) is 4.90. The smallest absolute Gasteiger partial charge is 0.434 e. The van der Waals surface area contributed by atoms with Crippen LogP contribution < -0.4 is 0 Å². The van der Waals surface area contributed by atoms with Gasteiger partial charge in [0.15, 0.2) is 12.4 Å². The Hall–Kier alpha value is -1.89. The van der Waals surface area contributed by atoms with E-state index in [4.69, 9.17) is 19.0 Å². The van der Waals surface area contributed by atoms with Crippen molar-refractivity contribution < 1.29 is 23.8 Å². The first kappa shape index (κ1) is 16.5. The molecule has 1 heterocycles. The molecule has 1 aromatic carbocycles. The number of carbonyl (C=O) groups excluding carboxylic acids is 1. The lowest BCUT2D eigenvalue weighted by molar-refractivity contribution is -0.251. The van der Waals surface area contributed by atoms with Gasteiger partial charge in [0.1, 0.15) is 6.61 Å². The Morgan fingerprint density at radius 2 is 1.91 bits per heavy atom. The van der Waals surface area contributed by atoms with Crippen molar-refractivity contribution in [2.45, 2.75) is 32.0 Å². The normalized spacial score (nSPS) is 21.2. The summed E-state index contributed by atoms with van der Waals surface area (Å²) < 4.78 is 15.6. The van der Waals surface area contributed by atoms with Crippen LogP contribution in [0.15, 0.2) is 42.5 Å². The molecule has 1 amide bonds. The molecule has 6 nitrogen and oxygen atoms in total. The van der Waals surface area contributed by atoms with Crippen molar-refractivity contribution in [2.75, 3.05) is 14.2 Å². The fourth-order valence-corrected chi connectivity index (χ4v) is 2.11. The summed E-state index contributed by atoms with van der Waals surface area (Å²) >= 11 is 0. The average Bonchev–Trinajstić information content (AvgIpc) is 2.56. The first-order valence-corrected chi connectivity index (χ1v) is 7.06. The number of hydroxylamine groups is 2. The number of carbonyl (C=O) groups is 1. The van der Waals surface area contributed by atoms with Gasteiger partial charge in [-0.3, -0.25) is 4.84 Å². The van der Waals surface area contributed by atoms with Crippen molar-refractivity contribution in [1.29, 1.82) is 0 Å². The zero-order chi connectivity index (χ0) is 15.9. The van der Waals surface area contributed by atoms with E-state index in [0.717, 1.165) is 5.56 Å². The van der Waals surface area contributed by atoms with E-state index < -0.39 is 18.5 Å². The van der Waals surface area contributed by atoms with Crippen LogP contribution in [0.5, 0.6) is 0 Å². The van der Waals surface area contributed by atoms with E-state index in [1.165, 1.54) is 19.3 Å². The van der Waals surface area contributed by atoms with Gasteiger partial charge in [-0.05, 0) is 12.5 Å². The van der Waals surface area contributed by atoms with E-state index in [1.807, 2.05) is 49.4 Å². The second kappa shape index (κ2) is 7.93. The molecule has 0 spiro atoms. The molecule has 0 bridgehead atoms. The molecule has 0 fully saturated rings. The molecule has 0 unspecified atom stereocenters. The molecule has 2 rings (SSSR count). The lowest BCUT2D eigenvalue weighted by Gasteiger charge is -2.34. The monoisotopic (exact) mass is 307 g/mol. The van der Waals surface area contributed by atoms with Crippen LogP contribution >= 0.6 is 0 Å². The molecule has 0 radical (unpaired) electrons. The zero-order valence-electron chi connectivity index (χ0n) is 13.0. The third-order valence-electron chi connectivity index (χ3n) is 3.30. The standard InChI is InChI=1S/C16H21NO5/c1-12-9-10-14(15(19-2)20-3)22-17(12)16(18)21-11-13-7-5-4-6-8-13/h4-10,12,14-15H,11H2,1-3H3/t12-,14-/m1/s1. The maximum absolute atomic E-state index is 12.2. The minimum absolute atomic E-state index is 0.193. The molecule has 2 atom stereocenters. The van der Waals surface area contributed by atoms with Gasteiger partial charge >= 0.3 is 6.09 Å². The summed E-state index contributed by atoms with van der Waals surface area (Å²) in [6.45, 7) is 2.03. The highest BCUT2D eigenvalue weighted by Crippen LogP contribution is 2.19. The fraction of sp³-hybridized carbons (Fsp3) is 0.438. The van der Waals surface area contributed by atoms with Gasteiger partial charge in [-0.2, -0.15) is 5.06 Å². The highest BCUT2D eigenvalue weighted by atomic mass is 16.8. The van der Waals surface area contributed by atoms with Crippen LogP contribution in [0.2, 0.25) is 0 Å². The third-order valence-corrected chi connectivity index (χ3v) is 3.30. The molecule has 0 saturated heterocycles. The van der Waals surface area contributed by atoms with E-state index in [9.17, 15) is 4.79 Å². The van der Waals surface area contributed by atoms with Crippen LogP contribution in [0.25, 0.3) is 0 Å². The molecule has 0 saturated carbocycles. The molecular weight excluding hydrogens is 286 g/mol. The minimum Gasteiger partial charge on any atom is -0.443 e. The number of hydrogen-bond donors (Lipinski definition) is 0. The molecular formula is C16H21NO5. The SMILES string of the molecule is COC(OC)[C@H]1C=C[C@@H](C)N(C(=O)OCc2ccccc2)O1. The number of nitrogens with zero attached hydrogens (tertiary/aromatic N) is 1. The van der Waals surface area contributed by atoms with Gasteiger partial charge in [-0.25, -0.2) is 4.79 Å². The number of ether oxygens (including phenoxy) is 3. The van der Waals surface area contributed by atoms with Crippen LogP contribution in [0.3, 0.4) is 0 Å². The first-order valence-electron chi connectivity index (χ1n) is 7.06. The summed E-state index contributed by atoms with van der Waals surface area (Å²) in [7, 11) is 3.03. The summed E-state index contributed by atoms with van der Waals surface area (Å²) in [5.41, 5.74) is 0.916. The van der Waals surface area contributed by atoms with E-state index in [2.05, 4.69) is 0 Å². The summed E-state index contributed by atoms with van der Waals surface area (Å²) in [6.07, 6.45) is 2.02. The van der Waals surface area contributed by atoms with E-state index >= 15 is 0 Å². The predicted molar refractivity (Wildman–Crippen MR) is 79.7 cm³/mol. The Kier molecular flexibility index (Phi) is 5.94. The molecule has 1 aliphatic rings. The molecule has 22 heavy (non-hydrogen) atoms. The number of hydrogen-bond acceptors (Lipinski definition) is 5. The molecule has 0 aromatic heterocycles. The topological polar surface area (TPSA) is 57.2 Å². The Bertz CT molecular complexity index is 501. The van der Waals surface area contributed by atoms with Crippen molar-refractivity contribution >= 4 is 6.09 Å². The van der Waals surface area contributed by atoms with Crippen molar-refractivity contribution in [1.82, 2.24) is 5.06 Å². The van der Waals surface area contributed by atoms with Gasteiger partial charge in [0.25, 0.3) is 0 Å². The van der Waals surface area contributed by atoms with Crippen molar-refractivity contribution in [3.8, 4) is 0 Å². The minimum atomic E-state index is -0.590. The highest BCUT2D eigenvalue weighted by molar-refractivity contribution is 5.67. The van der Waals surface area contributed by atoms with Crippen LogP contribution in [0.1, 0.15) is 12.5 Å². The summed E-state index contributed by atoms with van der Waals surface area (Å²) in [5, 5.41) is 1.19. The number of amides is 1. The Morgan fingerprint density at radius 1 is 1.23 bits per heavy atom. The lowest BCUT2D eigenvalue weighted by Crippen LogP contribution is -2.47. The lowest BCUT2D eigenvalue weighted by atomic mass is 10.2. The summed E-state index contributed by atoms with van der Waals surface area (Å²) in [5.74, 6) is 0. The van der Waals surface area contributed by atoms with Gasteiger partial charge in [-0.1, -0.05) is 42.5 Å². The molecule has 120 valence electrons. The maximum Gasteiger partial charge on any atom is 0.434 e. The second-order valence-corrected chi connectivity index (χ2v) is 4.90. The van der Waals surface area contributed by atoms with Crippen LogP contribution in [0.4, 0.5) is 4.79 Å².